The minimum absolute atomic E-state index is 0.0381. The molecule has 0 aliphatic carbocycles. The first-order valence-electron chi connectivity index (χ1n) is 9.88. The number of hydrogen-bond donors (Lipinski definition) is 0. The van der Waals surface area contributed by atoms with Crippen LogP contribution in [-0.4, -0.2) is 75.2 Å². The molecule has 4 rings (SSSR count). The summed E-state index contributed by atoms with van der Waals surface area (Å²) in [6.45, 7) is 5.16. The van der Waals surface area contributed by atoms with Gasteiger partial charge in [0.15, 0.2) is 5.65 Å². The average molecular weight is 461 g/mol. The number of hydrogen-bond acceptors (Lipinski definition) is 7. The molecule has 1 amide bonds. The molecule has 1 fully saturated rings. The summed E-state index contributed by atoms with van der Waals surface area (Å²) < 4.78 is 29.0. The molecule has 0 spiro atoms. The molecule has 0 radical (unpaired) electrons. The predicted octanol–water partition coefficient (Wildman–Crippen LogP) is 1.61. The van der Waals surface area contributed by atoms with Crippen molar-refractivity contribution in [2.75, 3.05) is 31.9 Å². The van der Waals surface area contributed by atoms with Crippen molar-refractivity contribution in [3.05, 3.63) is 41.9 Å². The van der Waals surface area contributed by atoms with Crippen molar-refractivity contribution in [2.45, 2.75) is 23.8 Å². The summed E-state index contributed by atoms with van der Waals surface area (Å²) in [5.74, 6) is 0.189. The Kier molecular flexibility index (Phi) is 6.00. The van der Waals surface area contributed by atoms with Crippen molar-refractivity contribution in [3.8, 4) is 0 Å². The summed E-state index contributed by atoms with van der Waals surface area (Å²) in [4.78, 5) is 23.2. The van der Waals surface area contributed by atoms with E-state index in [9.17, 15) is 13.2 Å². The van der Waals surface area contributed by atoms with E-state index in [1.54, 1.807) is 35.0 Å². The molecule has 1 aliphatic rings. The zero-order valence-electron chi connectivity index (χ0n) is 17.6. The van der Waals surface area contributed by atoms with Gasteiger partial charge in [0.25, 0.3) is 0 Å². The van der Waals surface area contributed by atoms with E-state index < -0.39 is 10.0 Å². The Morgan fingerprint density at radius 3 is 2.55 bits per heavy atom. The van der Waals surface area contributed by atoms with Crippen molar-refractivity contribution in [3.63, 3.8) is 0 Å². The highest BCUT2D eigenvalue weighted by Crippen LogP contribution is 2.25. The van der Waals surface area contributed by atoms with E-state index in [0.29, 0.717) is 23.0 Å². The molecule has 0 saturated carbocycles. The van der Waals surface area contributed by atoms with Crippen LogP contribution in [-0.2, 0) is 21.9 Å². The van der Waals surface area contributed by atoms with Crippen LogP contribution >= 0.6 is 11.8 Å². The topological polar surface area (TPSA) is 101 Å². The third-order valence-corrected chi connectivity index (χ3v) is 8.42. The van der Waals surface area contributed by atoms with Crippen LogP contribution in [0.4, 0.5) is 0 Å². The zero-order chi connectivity index (χ0) is 22.2. The van der Waals surface area contributed by atoms with Crippen LogP contribution in [0.15, 0.2) is 40.6 Å². The Bertz CT molecular complexity index is 1230. The van der Waals surface area contributed by atoms with Crippen molar-refractivity contribution < 1.29 is 13.2 Å². The lowest BCUT2D eigenvalue weighted by Crippen LogP contribution is -2.51. The molecule has 1 aliphatic heterocycles. The number of rotatable bonds is 5. The molecule has 0 bridgehead atoms. The van der Waals surface area contributed by atoms with Gasteiger partial charge in [-0.3, -0.25) is 9.48 Å². The summed E-state index contributed by atoms with van der Waals surface area (Å²) in [5, 5.41) is 5.71. The zero-order valence-corrected chi connectivity index (χ0v) is 19.3. The van der Waals surface area contributed by atoms with Gasteiger partial charge in [-0.25, -0.2) is 18.4 Å². The molecule has 1 saturated heterocycles. The van der Waals surface area contributed by atoms with Gasteiger partial charge in [0, 0.05) is 33.2 Å². The number of piperazine rings is 1. The van der Waals surface area contributed by atoms with Gasteiger partial charge in [0.2, 0.25) is 15.9 Å². The number of amides is 1. The van der Waals surface area contributed by atoms with E-state index in [0.717, 1.165) is 22.2 Å². The highest BCUT2D eigenvalue weighted by Gasteiger charge is 2.30. The van der Waals surface area contributed by atoms with Gasteiger partial charge in [0.1, 0.15) is 11.4 Å². The van der Waals surface area contributed by atoms with Gasteiger partial charge in [0.05, 0.1) is 22.2 Å². The standard InChI is InChI=1S/C20H24N6O3S2/c1-14-4-5-16(10-15(14)2)31(28,29)26-8-6-25(7-9-26)18(27)12-30-20-17-11-23-24(3)19(17)21-13-22-20/h4-5,10-11,13H,6-9,12H2,1-3H3. The van der Waals surface area contributed by atoms with E-state index in [4.69, 9.17) is 0 Å². The summed E-state index contributed by atoms with van der Waals surface area (Å²) in [5.41, 5.74) is 2.72. The maximum atomic E-state index is 13.0. The fourth-order valence-electron chi connectivity index (χ4n) is 3.48. The monoisotopic (exact) mass is 460 g/mol. The molecule has 164 valence electrons. The van der Waals surface area contributed by atoms with Gasteiger partial charge < -0.3 is 4.90 Å². The number of nitrogens with zero attached hydrogens (tertiary/aromatic N) is 6. The van der Waals surface area contributed by atoms with Crippen LogP contribution in [0.5, 0.6) is 0 Å². The van der Waals surface area contributed by atoms with Crippen LogP contribution < -0.4 is 0 Å². The third-order valence-electron chi connectivity index (χ3n) is 5.53. The molecular weight excluding hydrogens is 436 g/mol. The SMILES string of the molecule is Cc1ccc(S(=O)(=O)N2CCN(C(=O)CSc3ncnc4c3cnn4C)CC2)cc1C. The Morgan fingerprint density at radius 1 is 1.10 bits per heavy atom. The van der Waals surface area contributed by atoms with Crippen molar-refractivity contribution in [1.82, 2.24) is 29.0 Å². The largest absolute Gasteiger partial charge is 0.339 e. The quantitative estimate of drug-likeness (QED) is 0.421. The van der Waals surface area contributed by atoms with E-state index in [2.05, 4.69) is 15.1 Å². The fourth-order valence-corrected chi connectivity index (χ4v) is 5.85. The van der Waals surface area contributed by atoms with Crippen LogP contribution in [0.1, 0.15) is 11.1 Å². The number of aromatic nitrogens is 4. The lowest BCUT2D eigenvalue weighted by Gasteiger charge is -2.34. The molecular formula is C20H24N6O3S2. The summed E-state index contributed by atoms with van der Waals surface area (Å²) in [6, 6.07) is 5.18. The van der Waals surface area contributed by atoms with Crippen LogP contribution in [0.25, 0.3) is 11.0 Å². The molecule has 0 N–H and O–H groups in total. The maximum absolute atomic E-state index is 13.0. The number of fused-ring (bicyclic) bond motifs is 1. The highest BCUT2D eigenvalue weighted by atomic mass is 32.2. The number of benzene rings is 1. The molecule has 0 atom stereocenters. The molecule has 9 nitrogen and oxygen atoms in total. The van der Waals surface area contributed by atoms with Gasteiger partial charge in [-0.15, -0.1) is 0 Å². The van der Waals surface area contributed by atoms with E-state index in [-0.39, 0.29) is 24.7 Å². The molecule has 3 aromatic rings. The van der Waals surface area contributed by atoms with E-state index >= 15 is 0 Å². The van der Waals surface area contributed by atoms with Gasteiger partial charge >= 0.3 is 0 Å². The van der Waals surface area contributed by atoms with Crippen LogP contribution in [0.2, 0.25) is 0 Å². The maximum Gasteiger partial charge on any atom is 0.243 e. The number of carbonyl (C=O) groups excluding carboxylic acids is 1. The van der Waals surface area contributed by atoms with Crippen molar-refractivity contribution >= 4 is 38.7 Å². The van der Waals surface area contributed by atoms with Gasteiger partial charge in [-0.2, -0.15) is 9.40 Å². The number of aryl methyl sites for hydroxylation is 3. The lowest BCUT2D eigenvalue weighted by atomic mass is 10.1. The first kappa shape index (κ1) is 21.7. The normalized spacial score (nSPS) is 15.5. The molecule has 0 unspecified atom stereocenters. The Morgan fingerprint density at radius 2 is 1.84 bits per heavy atom. The molecule has 3 heterocycles. The minimum atomic E-state index is -3.56. The highest BCUT2D eigenvalue weighted by molar-refractivity contribution is 8.00. The van der Waals surface area contributed by atoms with E-state index in [1.807, 2.05) is 19.9 Å². The van der Waals surface area contributed by atoms with Crippen molar-refractivity contribution in [2.24, 2.45) is 7.05 Å². The summed E-state index contributed by atoms with van der Waals surface area (Å²) in [6.07, 6.45) is 3.16. The fraction of sp³-hybridized carbons (Fsp3) is 0.400. The van der Waals surface area contributed by atoms with Gasteiger partial charge in [-0.1, -0.05) is 17.8 Å². The van der Waals surface area contributed by atoms with E-state index in [1.165, 1.54) is 22.4 Å². The molecule has 1 aromatic carbocycles. The van der Waals surface area contributed by atoms with Gasteiger partial charge in [-0.05, 0) is 37.1 Å². The second-order valence-corrected chi connectivity index (χ2v) is 10.4. The third kappa shape index (κ3) is 4.30. The predicted molar refractivity (Wildman–Crippen MR) is 118 cm³/mol. The number of sulfonamides is 1. The smallest absolute Gasteiger partial charge is 0.243 e. The van der Waals surface area contributed by atoms with Crippen LogP contribution in [0.3, 0.4) is 0 Å². The second-order valence-electron chi connectivity index (χ2n) is 7.50. The Balaban J connectivity index is 1.37. The summed E-state index contributed by atoms with van der Waals surface area (Å²) in [7, 11) is -1.76. The van der Waals surface area contributed by atoms with Crippen molar-refractivity contribution in [1.29, 1.82) is 0 Å². The second kappa shape index (κ2) is 8.56. The minimum Gasteiger partial charge on any atom is -0.339 e. The first-order chi connectivity index (χ1) is 14.8. The Hall–Kier alpha value is -2.50. The molecule has 2 aromatic heterocycles. The number of carbonyl (C=O) groups is 1. The molecule has 11 heteroatoms. The molecule has 31 heavy (non-hydrogen) atoms. The van der Waals surface area contributed by atoms with Crippen LogP contribution in [0, 0.1) is 13.8 Å². The number of thioether (sulfide) groups is 1. The lowest BCUT2D eigenvalue weighted by molar-refractivity contribution is -0.129. The summed E-state index contributed by atoms with van der Waals surface area (Å²) >= 11 is 1.34. The Labute approximate surface area is 185 Å². The average Bonchev–Trinajstić information content (AvgIpc) is 3.15. The first-order valence-corrected chi connectivity index (χ1v) is 12.3.